The van der Waals surface area contributed by atoms with Crippen LogP contribution in [0.1, 0.15) is 68.9 Å². The van der Waals surface area contributed by atoms with Gasteiger partial charge < -0.3 is 0 Å². The van der Waals surface area contributed by atoms with Gasteiger partial charge in [-0.2, -0.15) is 0 Å². The van der Waals surface area contributed by atoms with E-state index in [4.69, 9.17) is 0 Å². The molecule has 1 saturated carbocycles. The van der Waals surface area contributed by atoms with Crippen molar-refractivity contribution in [2.75, 3.05) is 0 Å². The number of hydrogen-bond donors (Lipinski definition) is 0. The third-order valence-electron chi connectivity index (χ3n) is 4.89. The molecular weight excluding hydrogens is 240 g/mol. The van der Waals surface area contributed by atoms with Crippen molar-refractivity contribution in [3.8, 4) is 0 Å². The van der Waals surface area contributed by atoms with E-state index in [2.05, 4.69) is 43.3 Å². The van der Waals surface area contributed by atoms with Gasteiger partial charge in [-0.1, -0.05) is 69.0 Å². The van der Waals surface area contributed by atoms with Gasteiger partial charge in [-0.15, -0.1) is 0 Å². The minimum atomic E-state index is 0.800. The SMILES string of the molecule is CCCCc1ccc(C2CCCCC2)c2ccccc12. The van der Waals surface area contributed by atoms with Crippen LogP contribution >= 0.6 is 0 Å². The van der Waals surface area contributed by atoms with Crippen molar-refractivity contribution in [1.29, 1.82) is 0 Å². The van der Waals surface area contributed by atoms with Gasteiger partial charge in [0, 0.05) is 0 Å². The van der Waals surface area contributed by atoms with Crippen molar-refractivity contribution in [1.82, 2.24) is 0 Å². The van der Waals surface area contributed by atoms with Crippen molar-refractivity contribution in [2.24, 2.45) is 0 Å². The Hall–Kier alpha value is -1.30. The molecule has 106 valence electrons. The van der Waals surface area contributed by atoms with Gasteiger partial charge in [0.05, 0.1) is 0 Å². The summed E-state index contributed by atoms with van der Waals surface area (Å²) in [5, 5.41) is 3.03. The van der Waals surface area contributed by atoms with Gasteiger partial charge in [0.15, 0.2) is 0 Å². The molecule has 0 nitrogen and oxygen atoms in total. The standard InChI is InChI=1S/C20H26/c1-2-3-9-17-14-15-19(16-10-5-4-6-11-16)20-13-8-7-12-18(17)20/h7-8,12-16H,2-6,9-11H2,1H3. The summed E-state index contributed by atoms with van der Waals surface area (Å²) in [6.07, 6.45) is 10.8. The van der Waals surface area contributed by atoms with Crippen molar-refractivity contribution in [2.45, 2.75) is 64.2 Å². The molecule has 0 radical (unpaired) electrons. The second kappa shape index (κ2) is 6.43. The van der Waals surface area contributed by atoms with Crippen LogP contribution in [0.5, 0.6) is 0 Å². The van der Waals surface area contributed by atoms with E-state index in [-0.39, 0.29) is 0 Å². The van der Waals surface area contributed by atoms with E-state index < -0.39 is 0 Å². The molecule has 0 saturated heterocycles. The van der Waals surface area contributed by atoms with E-state index in [0.29, 0.717) is 0 Å². The Kier molecular flexibility index (Phi) is 4.40. The Morgan fingerprint density at radius 1 is 0.900 bits per heavy atom. The second-order valence-corrected chi connectivity index (χ2v) is 6.30. The minimum absolute atomic E-state index is 0.800. The molecule has 0 aromatic heterocycles. The number of benzene rings is 2. The summed E-state index contributed by atoms with van der Waals surface area (Å²) in [4.78, 5) is 0. The first-order valence-corrected chi connectivity index (χ1v) is 8.40. The van der Waals surface area contributed by atoms with Crippen LogP contribution in [0.25, 0.3) is 10.8 Å². The molecule has 0 bridgehead atoms. The van der Waals surface area contributed by atoms with Crippen LogP contribution in [0.2, 0.25) is 0 Å². The van der Waals surface area contributed by atoms with E-state index in [0.717, 1.165) is 5.92 Å². The van der Waals surface area contributed by atoms with E-state index >= 15 is 0 Å². The summed E-state index contributed by atoms with van der Waals surface area (Å²) in [5.74, 6) is 0.800. The van der Waals surface area contributed by atoms with Gasteiger partial charge in [0.2, 0.25) is 0 Å². The molecular formula is C20H26. The van der Waals surface area contributed by atoms with Crippen molar-refractivity contribution >= 4 is 10.8 Å². The third-order valence-corrected chi connectivity index (χ3v) is 4.89. The topological polar surface area (TPSA) is 0 Å². The molecule has 0 amide bonds. The zero-order valence-electron chi connectivity index (χ0n) is 12.7. The predicted molar refractivity (Wildman–Crippen MR) is 88.4 cm³/mol. The quantitative estimate of drug-likeness (QED) is 0.615. The lowest BCUT2D eigenvalue weighted by atomic mass is 9.81. The Balaban J connectivity index is 2.01. The monoisotopic (exact) mass is 266 g/mol. The molecule has 2 aromatic rings. The molecule has 2 aromatic carbocycles. The van der Waals surface area contributed by atoms with E-state index in [1.54, 1.807) is 11.1 Å². The highest BCUT2D eigenvalue weighted by molar-refractivity contribution is 5.89. The highest BCUT2D eigenvalue weighted by Crippen LogP contribution is 2.37. The molecule has 1 aliphatic carbocycles. The highest BCUT2D eigenvalue weighted by Gasteiger charge is 2.18. The summed E-state index contributed by atoms with van der Waals surface area (Å²) < 4.78 is 0. The fraction of sp³-hybridized carbons (Fsp3) is 0.500. The number of fused-ring (bicyclic) bond motifs is 1. The third kappa shape index (κ3) is 2.75. The van der Waals surface area contributed by atoms with Crippen LogP contribution in [-0.4, -0.2) is 0 Å². The van der Waals surface area contributed by atoms with Gasteiger partial charge >= 0.3 is 0 Å². The number of unbranched alkanes of at least 4 members (excludes halogenated alkanes) is 1. The van der Waals surface area contributed by atoms with Gasteiger partial charge in [0.1, 0.15) is 0 Å². The zero-order chi connectivity index (χ0) is 13.8. The van der Waals surface area contributed by atoms with Gasteiger partial charge in [-0.3, -0.25) is 0 Å². The molecule has 1 fully saturated rings. The van der Waals surface area contributed by atoms with Gasteiger partial charge in [-0.25, -0.2) is 0 Å². The molecule has 1 aliphatic rings. The average Bonchev–Trinajstić information content (AvgIpc) is 2.53. The normalized spacial score (nSPS) is 16.6. The lowest BCUT2D eigenvalue weighted by Crippen LogP contribution is -2.05. The van der Waals surface area contributed by atoms with Crippen LogP contribution in [0.15, 0.2) is 36.4 Å². The van der Waals surface area contributed by atoms with Crippen LogP contribution < -0.4 is 0 Å². The summed E-state index contributed by atoms with van der Waals surface area (Å²) in [6, 6.07) is 13.9. The maximum Gasteiger partial charge on any atom is -0.0146 e. The second-order valence-electron chi connectivity index (χ2n) is 6.30. The lowest BCUT2D eigenvalue weighted by molar-refractivity contribution is 0.445. The number of rotatable bonds is 4. The largest absolute Gasteiger partial charge is 0.0654 e. The van der Waals surface area contributed by atoms with E-state index in [1.807, 2.05) is 0 Å². The smallest absolute Gasteiger partial charge is 0.0146 e. The first-order chi connectivity index (χ1) is 9.90. The van der Waals surface area contributed by atoms with Gasteiger partial charge in [-0.05, 0) is 53.5 Å². The van der Waals surface area contributed by atoms with E-state index in [9.17, 15) is 0 Å². The first-order valence-electron chi connectivity index (χ1n) is 8.40. The first kappa shape index (κ1) is 13.7. The van der Waals surface area contributed by atoms with Crippen molar-refractivity contribution < 1.29 is 0 Å². The highest BCUT2D eigenvalue weighted by atomic mass is 14.2. The maximum atomic E-state index is 2.43. The van der Waals surface area contributed by atoms with Crippen molar-refractivity contribution in [3.63, 3.8) is 0 Å². The number of hydrogen-bond acceptors (Lipinski definition) is 0. The van der Waals surface area contributed by atoms with Gasteiger partial charge in [0.25, 0.3) is 0 Å². The average molecular weight is 266 g/mol. The Morgan fingerprint density at radius 2 is 1.65 bits per heavy atom. The lowest BCUT2D eigenvalue weighted by Gasteiger charge is -2.24. The Labute approximate surface area is 123 Å². The molecule has 0 spiro atoms. The fourth-order valence-electron chi connectivity index (χ4n) is 3.74. The Morgan fingerprint density at radius 3 is 2.40 bits per heavy atom. The molecule has 0 atom stereocenters. The fourth-order valence-corrected chi connectivity index (χ4v) is 3.74. The zero-order valence-corrected chi connectivity index (χ0v) is 12.7. The molecule has 0 unspecified atom stereocenters. The minimum Gasteiger partial charge on any atom is -0.0654 e. The molecule has 0 N–H and O–H groups in total. The number of aryl methyl sites for hydroxylation is 1. The summed E-state index contributed by atoms with van der Waals surface area (Å²) in [7, 11) is 0. The molecule has 20 heavy (non-hydrogen) atoms. The molecule has 3 rings (SSSR count). The van der Waals surface area contributed by atoms with Crippen molar-refractivity contribution in [3.05, 3.63) is 47.5 Å². The van der Waals surface area contributed by atoms with Crippen LogP contribution in [0.3, 0.4) is 0 Å². The summed E-state index contributed by atoms with van der Waals surface area (Å²) in [6.45, 7) is 2.28. The maximum absolute atomic E-state index is 2.43. The van der Waals surface area contributed by atoms with Crippen LogP contribution in [-0.2, 0) is 6.42 Å². The van der Waals surface area contributed by atoms with E-state index in [1.165, 1.54) is 62.1 Å². The molecule has 0 aliphatic heterocycles. The van der Waals surface area contributed by atoms with Crippen LogP contribution in [0, 0.1) is 0 Å². The predicted octanol–water partition coefficient (Wildman–Crippen LogP) is 6.23. The molecule has 0 heteroatoms. The van der Waals surface area contributed by atoms with Crippen LogP contribution in [0.4, 0.5) is 0 Å². The Bertz CT molecular complexity index is 561. The molecule has 0 heterocycles. The summed E-state index contributed by atoms with van der Waals surface area (Å²) in [5.41, 5.74) is 3.16. The summed E-state index contributed by atoms with van der Waals surface area (Å²) >= 11 is 0.